The summed E-state index contributed by atoms with van der Waals surface area (Å²) in [6.45, 7) is 1.50. The molecule has 2 rings (SSSR count). The minimum Gasteiger partial charge on any atom is -0.495 e. The highest BCUT2D eigenvalue weighted by Crippen LogP contribution is 2.29. The SMILES string of the molecule is COc1ccccc1N1CCOC(CCN)C1=O. The molecule has 0 aliphatic carbocycles. The average Bonchev–Trinajstić information content (AvgIpc) is 2.41. The standard InChI is InChI=1S/C13H18N2O3/c1-17-11-5-3-2-4-10(11)15-8-9-18-12(6-7-14)13(15)16/h2-5,12H,6-9,14H2,1H3. The average molecular weight is 250 g/mol. The molecule has 1 aromatic rings. The molecule has 2 N–H and O–H groups in total. The van der Waals surface area contributed by atoms with Gasteiger partial charge in [0, 0.05) is 6.54 Å². The van der Waals surface area contributed by atoms with Crippen molar-refractivity contribution in [1.82, 2.24) is 0 Å². The molecule has 5 nitrogen and oxygen atoms in total. The van der Waals surface area contributed by atoms with Crippen LogP contribution in [0, 0.1) is 0 Å². The van der Waals surface area contributed by atoms with Crippen LogP contribution in [0.5, 0.6) is 5.75 Å². The smallest absolute Gasteiger partial charge is 0.256 e. The second-order valence-corrected chi connectivity index (χ2v) is 4.10. The van der Waals surface area contributed by atoms with Crippen LogP contribution in [0.4, 0.5) is 5.69 Å². The van der Waals surface area contributed by atoms with Crippen molar-refractivity contribution in [3.63, 3.8) is 0 Å². The zero-order valence-corrected chi connectivity index (χ0v) is 10.5. The molecule has 18 heavy (non-hydrogen) atoms. The Kier molecular flexibility index (Phi) is 4.17. The van der Waals surface area contributed by atoms with Crippen molar-refractivity contribution < 1.29 is 14.3 Å². The molecular formula is C13H18N2O3. The van der Waals surface area contributed by atoms with Gasteiger partial charge < -0.3 is 20.1 Å². The molecular weight excluding hydrogens is 232 g/mol. The topological polar surface area (TPSA) is 64.8 Å². The molecule has 98 valence electrons. The summed E-state index contributed by atoms with van der Waals surface area (Å²) in [4.78, 5) is 14.0. The maximum Gasteiger partial charge on any atom is 0.256 e. The van der Waals surface area contributed by atoms with E-state index >= 15 is 0 Å². The van der Waals surface area contributed by atoms with E-state index in [9.17, 15) is 4.79 Å². The third-order valence-corrected chi connectivity index (χ3v) is 2.98. The van der Waals surface area contributed by atoms with E-state index in [1.54, 1.807) is 12.0 Å². The van der Waals surface area contributed by atoms with Crippen molar-refractivity contribution in [2.24, 2.45) is 5.73 Å². The summed E-state index contributed by atoms with van der Waals surface area (Å²) in [6.07, 6.45) is 0.110. The Morgan fingerprint density at radius 1 is 1.50 bits per heavy atom. The van der Waals surface area contributed by atoms with Crippen LogP contribution in [-0.2, 0) is 9.53 Å². The van der Waals surface area contributed by atoms with Crippen LogP contribution in [0.2, 0.25) is 0 Å². The first-order valence-electron chi connectivity index (χ1n) is 6.04. The number of carbonyl (C=O) groups is 1. The van der Waals surface area contributed by atoms with Gasteiger partial charge in [-0.15, -0.1) is 0 Å². The summed E-state index contributed by atoms with van der Waals surface area (Å²) < 4.78 is 10.7. The first kappa shape index (κ1) is 12.9. The summed E-state index contributed by atoms with van der Waals surface area (Å²) >= 11 is 0. The normalized spacial score (nSPS) is 20.0. The third-order valence-electron chi connectivity index (χ3n) is 2.98. The van der Waals surface area contributed by atoms with E-state index in [0.29, 0.717) is 31.9 Å². The Balaban J connectivity index is 2.23. The zero-order chi connectivity index (χ0) is 13.0. The molecule has 0 saturated carbocycles. The molecule has 0 bridgehead atoms. The second-order valence-electron chi connectivity index (χ2n) is 4.10. The number of carbonyl (C=O) groups excluding carboxylic acids is 1. The molecule has 5 heteroatoms. The van der Waals surface area contributed by atoms with Crippen LogP contribution in [0.1, 0.15) is 6.42 Å². The minimum absolute atomic E-state index is 0.0452. The van der Waals surface area contributed by atoms with E-state index in [-0.39, 0.29) is 5.91 Å². The van der Waals surface area contributed by atoms with E-state index in [1.807, 2.05) is 24.3 Å². The first-order valence-corrected chi connectivity index (χ1v) is 6.04. The lowest BCUT2D eigenvalue weighted by Crippen LogP contribution is -2.48. The second kappa shape index (κ2) is 5.84. The zero-order valence-electron chi connectivity index (χ0n) is 10.5. The number of nitrogens with two attached hydrogens (primary N) is 1. The van der Waals surface area contributed by atoms with Crippen molar-refractivity contribution in [2.75, 3.05) is 31.7 Å². The number of morpholine rings is 1. The number of methoxy groups -OCH3 is 1. The monoisotopic (exact) mass is 250 g/mol. The Bertz CT molecular complexity index is 420. The molecule has 1 heterocycles. The van der Waals surface area contributed by atoms with Gasteiger partial charge in [-0.2, -0.15) is 0 Å². The maximum atomic E-state index is 12.3. The highest BCUT2D eigenvalue weighted by atomic mass is 16.5. The lowest BCUT2D eigenvalue weighted by molar-refractivity contribution is -0.134. The van der Waals surface area contributed by atoms with Gasteiger partial charge in [-0.25, -0.2) is 0 Å². The van der Waals surface area contributed by atoms with E-state index in [2.05, 4.69) is 0 Å². The third kappa shape index (κ3) is 2.47. The first-order chi connectivity index (χ1) is 8.77. The fourth-order valence-corrected chi connectivity index (χ4v) is 2.09. The molecule has 1 fully saturated rings. The van der Waals surface area contributed by atoms with Crippen molar-refractivity contribution in [3.05, 3.63) is 24.3 Å². The molecule has 1 aliphatic heterocycles. The van der Waals surface area contributed by atoms with Gasteiger partial charge in [0.1, 0.15) is 11.9 Å². The summed E-state index contributed by atoms with van der Waals surface area (Å²) in [7, 11) is 1.60. The Labute approximate surface area is 106 Å². The van der Waals surface area contributed by atoms with Gasteiger partial charge in [-0.1, -0.05) is 12.1 Å². The van der Waals surface area contributed by atoms with Crippen molar-refractivity contribution in [3.8, 4) is 5.75 Å². The molecule has 1 aliphatic rings. The number of nitrogens with zero attached hydrogens (tertiary/aromatic N) is 1. The Morgan fingerprint density at radius 2 is 2.28 bits per heavy atom. The molecule has 1 saturated heterocycles. The largest absolute Gasteiger partial charge is 0.495 e. The van der Waals surface area contributed by atoms with Crippen LogP contribution < -0.4 is 15.4 Å². The fraction of sp³-hybridized carbons (Fsp3) is 0.462. The Morgan fingerprint density at radius 3 is 3.00 bits per heavy atom. The van der Waals surface area contributed by atoms with Gasteiger partial charge in [0.05, 0.1) is 19.4 Å². The Hall–Kier alpha value is -1.59. The molecule has 1 amide bonds. The van der Waals surface area contributed by atoms with Gasteiger partial charge >= 0.3 is 0 Å². The van der Waals surface area contributed by atoms with Crippen molar-refractivity contribution >= 4 is 11.6 Å². The molecule has 0 aromatic heterocycles. The minimum atomic E-state index is -0.436. The fourth-order valence-electron chi connectivity index (χ4n) is 2.09. The number of hydrogen-bond acceptors (Lipinski definition) is 4. The number of hydrogen-bond donors (Lipinski definition) is 1. The number of rotatable bonds is 4. The molecule has 0 spiro atoms. The van der Waals surface area contributed by atoms with Gasteiger partial charge in [0.15, 0.2) is 0 Å². The van der Waals surface area contributed by atoms with Gasteiger partial charge in [0.25, 0.3) is 5.91 Å². The molecule has 1 aromatic carbocycles. The number of benzene rings is 1. The predicted molar refractivity (Wildman–Crippen MR) is 68.8 cm³/mol. The number of para-hydroxylation sites is 2. The lowest BCUT2D eigenvalue weighted by Gasteiger charge is -2.33. The van der Waals surface area contributed by atoms with E-state index in [1.165, 1.54) is 0 Å². The van der Waals surface area contributed by atoms with Crippen LogP contribution in [0.25, 0.3) is 0 Å². The van der Waals surface area contributed by atoms with Gasteiger partial charge in [-0.3, -0.25) is 4.79 Å². The van der Waals surface area contributed by atoms with Crippen LogP contribution in [0.3, 0.4) is 0 Å². The summed E-state index contributed by atoms with van der Waals surface area (Å²) in [6, 6.07) is 7.49. The maximum absolute atomic E-state index is 12.3. The van der Waals surface area contributed by atoms with E-state index in [0.717, 1.165) is 5.69 Å². The molecule has 0 radical (unpaired) electrons. The van der Waals surface area contributed by atoms with Crippen LogP contribution in [0.15, 0.2) is 24.3 Å². The quantitative estimate of drug-likeness (QED) is 0.857. The van der Waals surface area contributed by atoms with E-state index < -0.39 is 6.10 Å². The van der Waals surface area contributed by atoms with Crippen molar-refractivity contribution in [2.45, 2.75) is 12.5 Å². The summed E-state index contributed by atoms with van der Waals surface area (Å²) in [5, 5.41) is 0. The van der Waals surface area contributed by atoms with Crippen molar-refractivity contribution in [1.29, 1.82) is 0 Å². The lowest BCUT2D eigenvalue weighted by atomic mass is 10.1. The van der Waals surface area contributed by atoms with Crippen LogP contribution in [-0.4, -0.2) is 38.8 Å². The highest BCUT2D eigenvalue weighted by molar-refractivity contribution is 5.98. The summed E-state index contributed by atoms with van der Waals surface area (Å²) in [5.74, 6) is 0.649. The van der Waals surface area contributed by atoms with Gasteiger partial charge in [0.2, 0.25) is 0 Å². The van der Waals surface area contributed by atoms with E-state index in [4.69, 9.17) is 15.2 Å². The number of ether oxygens (including phenoxy) is 2. The number of amides is 1. The number of anilines is 1. The molecule has 1 unspecified atom stereocenters. The molecule has 1 atom stereocenters. The summed E-state index contributed by atoms with van der Waals surface area (Å²) in [5.41, 5.74) is 6.27. The van der Waals surface area contributed by atoms with Gasteiger partial charge in [-0.05, 0) is 25.1 Å². The van der Waals surface area contributed by atoms with Crippen LogP contribution >= 0.6 is 0 Å². The predicted octanol–water partition coefficient (Wildman–Crippen LogP) is 0.776. The highest BCUT2D eigenvalue weighted by Gasteiger charge is 2.31.